The van der Waals surface area contributed by atoms with Gasteiger partial charge in [-0.2, -0.15) is 0 Å². The first kappa shape index (κ1) is 25.3. The lowest BCUT2D eigenvalue weighted by Crippen LogP contribution is -2.29. The predicted octanol–water partition coefficient (Wildman–Crippen LogP) is 6.32. The lowest BCUT2D eigenvalue weighted by Gasteiger charge is -2.26. The fourth-order valence-corrected chi connectivity index (χ4v) is 4.23. The highest BCUT2D eigenvalue weighted by Crippen LogP contribution is 2.43. The molecule has 3 aromatic carbocycles. The summed E-state index contributed by atoms with van der Waals surface area (Å²) in [6, 6.07) is 18.2. The molecule has 0 bridgehead atoms. The van der Waals surface area contributed by atoms with Crippen molar-refractivity contribution in [1.82, 2.24) is 0 Å². The molecule has 186 valence electrons. The topological polar surface area (TPSA) is 76.1 Å². The number of aliphatic hydroxyl groups excluding tert-OH is 1. The zero-order valence-corrected chi connectivity index (χ0v) is 21.4. The van der Waals surface area contributed by atoms with Crippen LogP contribution in [0.25, 0.3) is 5.76 Å². The number of aliphatic hydroxyl groups is 1. The fraction of sp³-hybridized carbons (Fsp3) is 0.241. The van der Waals surface area contributed by atoms with E-state index in [2.05, 4.69) is 13.8 Å². The smallest absolute Gasteiger partial charge is 0.300 e. The minimum Gasteiger partial charge on any atom is -0.507 e. The molecule has 0 radical (unpaired) electrons. The second kappa shape index (κ2) is 10.5. The van der Waals surface area contributed by atoms with Gasteiger partial charge in [-0.1, -0.05) is 43.6 Å². The highest BCUT2D eigenvalue weighted by molar-refractivity contribution is 6.51. The fourth-order valence-electron chi connectivity index (χ4n) is 4.06. The molecular formula is C29H28ClNO5. The maximum atomic E-state index is 13.3. The van der Waals surface area contributed by atoms with E-state index in [1.54, 1.807) is 73.8 Å². The Bertz CT molecular complexity index is 1310. The van der Waals surface area contributed by atoms with E-state index >= 15 is 0 Å². The Balaban J connectivity index is 1.83. The van der Waals surface area contributed by atoms with Gasteiger partial charge in [0, 0.05) is 16.3 Å². The van der Waals surface area contributed by atoms with Crippen LogP contribution in [-0.2, 0) is 9.59 Å². The summed E-state index contributed by atoms with van der Waals surface area (Å²) in [7, 11) is 1.56. The molecule has 4 rings (SSSR count). The molecule has 1 atom stereocenters. The van der Waals surface area contributed by atoms with Crippen molar-refractivity contribution in [1.29, 1.82) is 0 Å². The number of anilines is 1. The molecule has 0 aliphatic carbocycles. The van der Waals surface area contributed by atoms with Crippen LogP contribution in [0, 0.1) is 12.8 Å². The highest BCUT2D eigenvalue weighted by atomic mass is 35.5. The molecule has 36 heavy (non-hydrogen) atoms. The molecule has 1 unspecified atom stereocenters. The van der Waals surface area contributed by atoms with Crippen LogP contribution in [0.15, 0.2) is 72.3 Å². The third kappa shape index (κ3) is 4.95. The molecule has 1 fully saturated rings. The normalized spacial score (nSPS) is 17.1. The molecule has 1 amide bonds. The van der Waals surface area contributed by atoms with Crippen molar-refractivity contribution in [2.45, 2.75) is 26.8 Å². The van der Waals surface area contributed by atoms with Crippen molar-refractivity contribution >= 4 is 34.7 Å². The van der Waals surface area contributed by atoms with Gasteiger partial charge >= 0.3 is 0 Å². The molecule has 1 aliphatic heterocycles. The van der Waals surface area contributed by atoms with Gasteiger partial charge in [0.1, 0.15) is 17.3 Å². The third-order valence-corrected chi connectivity index (χ3v) is 6.43. The molecule has 6 nitrogen and oxygen atoms in total. The van der Waals surface area contributed by atoms with Crippen LogP contribution < -0.4 is 14.4 Å². The largest absolute Gasteiger partial charge is 0.507 e. The molecule has 0 spiro atoms. The van der Waals surface area contributed by atoms with Crippen molar-refractivity contribution in [3.8, 4) is 11.5 Å². The summed E-state index contributed by atoms with van der Waals surface area (Å²) in [5, 5.41) is 11.8. The van der Waals surface area contributed by atoms with E-state index in [4.69, 9.17) is 21.1 Å². The molecule has 1 aliphatic rings. The molecule has 1 N–H and O–H groups in total. The number of nitrogens with zero attached hydrogens (tertiary/aromatic N) is 1. The number of hydrogen-bond donors (Lipinski definition) is 1. The quantitative estimate of drug-likeness (QED) is 0.231. The van der Waals surface area contributed by atoms with Crippen molar-refractivity contribution in [3.05, 3.63) is 94.0 Å². The number of carbonyl (C=O) groups excluding carboxylic acids is 2. The monoisotopic (exact) mass is 505 g/mol. The standard InChI is InChI=1S/C29H28ClNO5/c1-17(2)16-36-23-13-8-20(9-14-23)27(32)25-26(19-6-11-22(35-4)12-7-19)31(29(34)28(25)33)21-10-5-18(3)24(30)15-21/h5-15,17,26,32H,16H2,1-4H3/b27-25+. The number of benzene rings is 3. The van der Waals surface area contributed by atoms with Gasteiger partial charge in [-0.05, 0) is 72.5 Å². The molecule has 0 aromatic heterocycles. The van der Waals surface area contributed by atoms with E-state index in [9.17, 15) is 14.7 Å². The SMILES string of the molecule is COc1ccc(C2/C(=C(\O)c3ccc(OCC(C)C)cc3)C(=O)C(=O)N2c2ccc(C)c(Cl)c2)cc1. The summed E-state index contributed by atoms with van der Waals surface area (Å²) in [5.74, 6) is -0.119. The van der Waals surface area contributed by atoms with E-state index in [1.807, 2.05) is 6.92 Å². The van der Waals surface area contributed by atoms with Gasteiger partial charge in [-0.15, -0.1) is 0 Å². The molecule has 1 saturated heterocycles. The number of hydrogen-bond acceptors (Lipinski definition) is 5. The zero-order chi connectivity index (χ0) is 26.0. The second-order valence-electron chi connectivity index (χ2n) is 9.10. The minimum atomic E-state index is -0.855. The second-order valence-corrected chi connectivity index (χ2v) is 9.51. The average molecular weight is 506 g/mol. The Morgan fingerprint density at radius 3 is 2.22 bits per heavy atom. The lowest BCUT2D eigenvalue weighted by atomic mass is 9.95. The van der Waals surface area contributed by atoms with Crippen molar-refractivity contribution < 1.29 is 24.2 Å². The summed E-state index contributed by atoms with van der Waals surface area (Å²) >= 11 is 6.35. The summed E-state index contributed by atoms with van der Waals surface area (Å²) in [6.45, 7) is 6.53. The number of ether oxygens (including phenoxy) is 2. The number of carbonyl (C=O) groups is 2. The van der Waals surface area contributed by atoms with E-state index < -0.39 is 17.7 Å². The number of aryl methyl sites for hydroxylation is 1. The van der Waals surface area contributed by atoms with Crippen molar-refractivity contribution in [2.24, 2.45) is 5.92 Å². The summed E-state index contributed by atoms with van der Waals surface area (Å²) < 4.78 is 11.0. The number of ketones is 1. The van der Waals surface area contributed by atoms with E-state index in [0.717, 1.165) is 5.56 Å². The number of Topliss-reactive ketones (excluding diaryl/α,β-unsaturated/α-hetero) is 1. The first-order valence-corrected chi connectivity index (χ1v) is 12.0. The van der Waals surface area contributed by atoms with Gasteiger partial charge in [0.25, 0.3) is 11.7 Å². The molecular weight excluding hydrogens is 478 g/mol. The molecule has 3 aromatic rings. The van der Waals surface area contributed by atoms with E-state index in [0.29, 0.717) is 45.9 Å². The van der Waals surface area contributed by atoms with Crippen LogP contribution in [-0.4, -0.2) is 30.5 Å². The van der Waals surface area contributed by atoms with Crippen LogP contribution in [0.2, 0.25) is 5.02 Å². The zero-order valence-electron chi connectivity index (χ0n) is 20.6. The number of amides is 1. The van der Waals surface area contributed by atoms with Gasteiger partial charge in [-0.25, -0.2) is 0 Å². The van der Waals surface area contributed by atoms with E-state index in [1.165, 1.54) is 4.90 Å². The Morgan fingerprint density at radius 2 is 1.64 bits per heavy atom. The van der Waals surface area contributed by atoms with Gasteiger partial charge in [-0.3, -0.25) is 14.5 Å². The minimum absolute atomic E-state index is 0.00212. The maximum Gasteiger partial charge on any atom is 0.300 e. The summed E-state index contributed by atoms with van der Waals surface area (Å²) in [5.41, 5.74) is 2.36. The Kier molecular flexibility index (Phi) is 7.36. The Morgan fingerprint density at radius 1 is 1.00 bits per heavy atom. The van der Waals surface area contributed by atoms with Gasteiger partial charge in [0.05, 0.1) is 25.3 Å². The molecule has 1 heterocycles. The first-order chi connectivity index (χ1) is 17.2. The number of methoxy groups -OCH3 is 1. The van der Waals surface area contributed by atoms with Crippen LogP contribution in [0.3, 0.4) is 0 Å². The Hall–Kier alpha value is -3.77. The van der Waals surface area contributed by atoms with Crippen LogP contribution >= 0.6 is 11.6 Å². The van der Waals surface area contributed by atoms with Gasteiger partial charge in [0.15, 0.2) is 0 Å². The highest BCUT2D eigenvalue weighted by Gasteiger charge is 2.47. The lowest BCUT2D eigenvalue weighted by molar-refractivity contribution is -0.132. The molecule has 7 heteroatoms. The number of halogens is 1. The van der Waals surface area contributed by atoms with Crippen molar-refractivity contribution in [2.75, 3.05) is 18.6 Å². The summed E-state index contributed by atoms with van der Waals surface area (Å²) in [6.07, 6.45) is 0. The Labute approximate surface area is 215 Å². The third-order valence-electron chi connectivity index (χ3n) is 6.02. The van der Waals surface area contributed by atoms with Crippen LogP contribution in [0.1, 0.15) is 36.6 Å². The summed E-state index contributed by atoms with van der Waals surface area (Å²) in [4.78, 5) is 28.0. The van der Waals surface area contributed by atoms with Crippen LogP contribution in [0.4, 0.5) is 5.69 Å². The van der Waals surface area contributed by atoms with Gasteiger partial charge < -0.3 is 14.6 Å². The van der Waals surface area contributed by atoms with Gasteiger partial charge in [0.2, 0.25) is 0 Å². The average Bonchev–Trinajstić information content (AvgIpc) is 3.14. The molecule has 0 saturated carbocycles. The maximum absolute atomic E-state index is 13.3. The first-order valence-electron chi connectivity index (χ1n) is 11.7. The van der Waals surface area contributed by atoms with E-state index in [-0.39, 0.29) is 11.3 Å². The van der Waals surface area contributed by atoms with Crippen LogP contribution in [0.5, 0.6) is 11.5 Å². The number of rotatable bonds is 7. The predicted molar refractivity (Wildman–Crippen MR) is 141 cm³/mol. The van der Waals surface area contributed by atoms with Crippen molar-refractivity contribution in [3.63, 3.8) is 0 Å².